The average molecular weight is 346 g/mol. The molecule has 0 saturated carbocycles. The average Bonchev–Trinajstić information content (AvgIpc) is 3.11. The molecule has 0 bridgehead atoms. The Morgan fingerprint density at radius 1 is 1.33 bits per heavy atom. The molecule has 1 aromatic carbocycles. The molecule has 126 valence electrons. The van der Waals surface area contributed by atoms with Gasteiger partial charge < -0.3 is 15.2 Å². The molecule has 3 rings (SSSR count). The van der Waals surface area contributed by atoms with E-state index in [1.54, 1.807) is 5.38 Å². The van der Waals surface area contributed by atoms with Crippen LogP contribution in [0.1, 0.15) is 23.3 Å². The summed E-state index contributed by atoms with van der Waals surface area (Å²) in [5.41, 5.74) is 1.17. The largest absolute Gasteiger partial charge is 0.480 e. The van der Waals surface area contributed by atoms with Crippen molar-refractivity contribution >= 4 is 23.2 Å². The van der Waals surface area contributed by atoms with Crippen molar-refractivity contribution in [1.29, 1.82) is 0 Å². The number of hydrogen-bond acceptors (Lipinski definition) is 5. The first kappa shape index (κ1) is 16.6. The standard InChI is InChI=1S/C17H18N2O4S/c20-15(19-14(17(21)22)12-7-4-8-23-9-12)13-10-24-16(18-13)11-5-2-1-3-6-11/h1-3,5-6,10,12,14H,4,7-9H2,(H,19,20)(H,21,22). The monoisotopic (exact) mass is 346 g/mol. The van der Waals surface area contributed by atoms with Gasteiger partial charge in [-0.15, -0.1) is 11.3 Å². The van der Waals surface area contributed by atoms with E-state index in [0.717, 1.165) is 23.4 Å². The van der Waals surface area contributed by atoms with Crippen molar-refractivity contribution < 1.29 is 19.4 Å². The topological polar surface area (TPSA) is 88.5 Å². The number of amides is 1. The van der Waals surface area contributed by atoms with Crippen LogP contribution in [0.25, 0.3) is 10.6 Å². The Bertz CT molecular complexity index is 710. The number of carboxylic acid groups (broad SMARTS) is 1. The number of carbonyl (C=O) groups is 2. The van der Waals surface area contributed by atoms with E-state index < -0.39 is 17.9 Å². The van der Waals surface area contributed by atoms with E-state index in [9.17, 15) is 14.7 Å². The Labute approximate surface area is 143 Å². The van der Waals surface area contributed by atoms with Gasteiger partial charge in [0.2, 0.25) is 0 Å². The van der Waals surface area contributed by atoms with Crippen LogP contribution in [0.15, 0.2) is 35.7 Å². The van der Waals surface area contributed by atoms with Gasteiger partial charge in [-0.3, -0.25) is 4.79 Å². The lowest BCUT2D eigenvalue weighted by Crippen LogP contribution is -2.48. The zero-order valence-corrected chi connectivity index (χ0v) is 13.8. The second kappa shape index (κ2) is 7.55. The van der Waals surface area contributed by atoms with Gasteiger partial charge in [0.15, 0.2) is 0 Å². The van der Waals surface area contributed by atoms with Crippen LogP contribution in [-0.2, 0) is 9.53 Å². The highest BCUT2D eigenvalue weighted by atomic mass is 32.1. The van der Waals surface area contributed by atoms with Crippen LogP contribution in [0.3, 0.4) is 0 Å². The van der Waals surface area contributed by atoms with E-state index >= 15 is 0 Å². The third-order valence-electron chi connectivity index (χ3n) is 3.98. The van der Waals surface area contributed by atoms with E-state index in [1.807, 2.05) is 30.3 Å². The summed E-state index contributed by atoms with van der Waals surface area (Å²) in [6.07, 6.45) is 1.53. The van der Waals surface area contributed by atoms with Gasteiger partial charge in [0, 0.05) is 23.5 Å². The fourth-order valence-electron chi connectivity index (χ4n) is 2.72. The number of hydrogen-bond donors (Lipinski definition) is 2. The number of nitrogens with one attached hydrogen (secondary N) is 1. The Morgan fingerprint density at radius 3 is 2.79 bits per heavy atom. The summed E-state index contributed by atoms with van der Waals surface area (Å²) in [6.45, 7) is 0.993. The molecule has 2 heterocycles. The van der Waals surface area contributed by atoms with Crippen LogP contribution in [0.4, 0.5) is 0 Å². The molecule has 7 heteroatoms. The molecule has 1 amide bonds. The van der Waals surface area contributed by atoms with E-state index in [0.29, 0.717) is 13.2 Å². The third kappa shape index (κ3) is 3.80. The molecule has 2 aromatic rings. The number of benzene rings is 1. The summed E-state index contributed by atoms with van der Waals surface area (Å²) in [7, 11) is 0. The molecular formula is C17H18N2O4S. The molecule has 1 fully saturated rings. The minimum Gasteiger partial charge on any atom is -0.480 e. The number of ether oxygens (including phenoxy) is 1. The Balaban J connectivity index is 1.71. The molecule has 2 unspecified atom stereocenters. The van der Waals surface area contributed by atoms with Gasteiger partial charge in [-0.1, -0.05) is 30.3 Å². The van der Waals surface area contributed by atoms with E-state index in [1.165, 1.54) is 11.3 Å². The number of aliphatic carboxylic acids is 1. The van der Waals surface area contributed by atoms with Gasteiger partial charge in [-0.05, 0) is 12.8 Å². The first-order chi connectivity index (χ1) is 11.6. The number of carboxylic acids is 1. The highest BCUT2D eigenvalue weighted by molar-refractivity contribution is 7.13. The molecule has 0 aliphatic carbocycles. The summed E-state index contributed by atoms with van der Waals surface area (Å²) in [5.74, 6) is -1.73. The van der Waals surface area contributed by atoms with Crippen molar-refractivity contribution in [1.82, 2.24) is 10.3 Å². The Hall–Kier alpha value is -2.25. The van der Waals surface area contributed by atoms with Gasteiger partial charge in [0.25, 0.3) is 5.91 Å². The summed E-state index contributed by atoms with van der Waals surface area (Å²) in [6, 6.07) is 8.59. The van der Waals surface area contributed by atoms with Crippen molar-refractivity contribution in [2.45, 2.75) is 18.9 Å². The number of rotatable bonds is 5. The maximum Gasteiger partial charge on any atom is 0.326 e. The zero-order valence-electron chi connectivity index (χ0n) is 13.0. The third-order valence-corrected chi connectivity index (χ3v) is 4.87. The summed E-state index contributed by atoms with van der Waals surface area (Å²) >= 11 is 1.36. The smallest absolute Gasteiger partial charge is 0.326 e. The first-order valence-corrected chi connectivity index (χ1v) is 8.65. The lowest BCUT2D eigenvalue weighted by Gasteiger charge is -2.27. The molecule has 2 atom stereocenters. The predicted molar refractivity (Wildman–Crippen MR) is 90.0 cm³/mol. The molecule has 1 aliphatic heterocycles. The molecule has 1 aromatic heterocycles. The predicted octanol–water partition coefficient (Wildman–Crippen LogP) is 2.42. The highest BCUT2D eigenvalue weighted by Crippen LogP contribution is 2.24. The fourth-order valence-corrected chi connectivity index (χ4v) is 3.52. The fraction of sp³-hybridized carbons (Fsp3) is 0.353. The first-order valence-electron chi connectivity index (χ1n) is 7.77. The molecule has 0 spiro atoms. The molecule has 2 N–H and O–H groups in total. The van der Waals surface area contributed by atoms with E-state index in [4.69, 9.17) is 4.74 Å². The quantitative estimate of drug-likeness (QED) is 0.868. The van der Waals surface area contributed by atoms with Crippen LogP contribution in [0.2, 0.25) is 0 Å². The van der Waals surface area contributed by atoms with Crippen molar-refractivity contribution in [2.75, 3.05) is 13.2 Å². The van der Waals surface area contributed by atoms with Crippen LogP contribution in [0, 0.1) is 5.92 Å². The van der Waals surface area contributed by atoms with Crippen molar-refractivity contribution in [2.24, 2.45) is 5.92 Å². The van der Waals surface area contributed by atoms with Crippen molar-refractivity contribution in [3.8, 4) is 10.6 Å². The molecule has 1 saturated heterocycles. The minimum atomic E-state index is -1.04. The number of carbonyl (C=O) groups excluding carboxylic acids is 1. The molecule has 6 nitrogen and oxygen atoms in total. The molecule has 1 aliphatic rings. The highest BCUT2D eigenvalue weighted by Gasteiger charge is 2.32. The lowest BCUT2D eigenvalue weighted by molar-refractivity contribution is -0.142. The summed E-state index contributed by atoms with van der Waals surface area (Å²) < 4.78 is 5.33. The van der Waals surface area contributed by atoms with E-state index in [2.05, 4.69) is 10.3 Å². The van der Waals surface area contributed by atoms with E-state index in [-0.39, 0.29) is 11.6 Å². The second-order valence-corrected chi connectivity index (χ2v) is 6.53. The maximum absolute atomic E-state index is 12.4. The van der Waals surface area contributed by atoms with Gasteiger partial charge in [-0.2, -0.15) is 0 Å². The Kier molecular flexibility index (Phi) is 5.22. The molecule has 24 heavy (non-hydrogen) atoms. The number of nitrogens with zero attached hydrogens (tertiary/aromatic N) is 1. The second-order valence-electron chi connectivity index (χ2n) is 5.67. The SMILES string of the molecule is O=C(NC(C(=O)O)C1CCCOC1)c1csc(-c2ccccc2)n1. The van der Waals surface area contributed by atoms with Gasteiger partial charge in [0.05, 0.1) is 6.61 Å². The van der Waals surface area contributed by atoms with Crippen LogP contribution in [-0.4, -0.2) is 41.2 Å². The van der Waals surface area contributed by atoms with Crippen LogP contribution in [0.5, 0.6) is 0 Å². The van der Waals surface area contributed by atoms with Crippen LogP contribution >= 0.6 is 11.3 Å². The van der Waals surface area contributed by atoms with Crippen molar-refractivity contribution in [3.63, 3.8) is 0 Å². The minimum absolute atomic E-state index is 0.215. The normalized spacial score (nSPS) is 18.8. The lowest BCUT2D eigenvalue weighted by atomic mass is 9.93. The molecular weight excluding hydrogens is 328 g/mol. The number of thiazole rings is 1. The maximum atomic E-state index is 12.4. The number of aromatic nitrogens is 1. The summed E-state index contributed by atoms with van der Waals surface area (Å²) in [5, 5.41) is 14.4. The van der Waals surface area contributed by atoms with Gasteiger partial charge >= 0.3 is 5.97 Å². The van der Waals surface area contributed by atoms with Gasteiger partial charge in [-0.25, -0.2) is 9.78 Å². The Morgan fingerprint density at radius 2 is 2.12 bits per heavy atom. The van der Waals surface area contributed by atoms with Crippen LogP contribution < -0.4 is 5.32 Å². The molecule has 0 radical (unpaired) electrons. The zero-order chi connectivity index (χ0) is 16.9. The van der Waals surface area contributed by atoms with Crippen molar-refractivity contribution in [3.05, 3.63) is 41.4 Å². The van der Waals surface area contributed by atoms with Gasteiger partial charge in [0.1, 0.15) is 16.7 Å². The summed E-state index contributed by atoms with van der Waals surface area (Å²) in [4.78, 5) is 28.2.